The minimum Gasteiger partial charge on any atom is -0.324 e. The van der Waals surface area contributed by atoms with E-state index in [2.05, 4.69) is 10.6 Å². The first-order chi connectivity index (χ1) is 7.68. The molecule has 1 aliphatic heterocycles. The first kappa shape index (κ1) is 11.4. The van der Waals surface area contributed by atoms with Crippen LogP contribution in [0.5, 0.6) is 0 Å². The van der Waals surface area contributed by atoms with Gasteiger partial charge in [0, 0.05) is 10.7 Å². The molecule has 0 spiro atoms. The van der Waals surface area contributed by atoms with Crippen LogP contribution in [0.4, 0.5) is 5.69 Å². The first-order valence-electron chi connectivity index (χ1n) is 5.48. The van der Waals surface area contributed by atoms with Crippen molar-refractivity contribution in [2.45, 2.75) is 25.8 Å². The van der Waals surface area contributed by atoms with Crippen molar-refractivity contribution < 1.29 is 4.79 Å². The van der Waals surface area contributed by atoms with Crippen molar-refractivity contribution in [1.29, 1.82) is 0 Å². The first-order valence-corrected chi connectivity index (χ1v) is 5.85. The van der Waals surface area contributed by atoms with Crippen LogP contribution in [-0.2, 0) is 4.79 Å². The summed E-state index contributed by atoms with van der Waals surface area (Å²) in [5.41, 5.74) is 1.71. The fraction of sp³-hybridized carbons (Fsp3) is 0.417. The zero-order valence-corrected chi connectivity index (χ0v) is 9.97. The smallest absolute Gasteiger partial charge is 0.241 e. The van der Waals surface area contributed by atoms with Crippen LogP contribution < -0.4 is 10.6 Å². The Kier molecular flexibility index (Phi) is 3.46. The maximum absolute atomic E-state index is 11.9. The summed E-state index contributed by atoms with van der Waals surface area (Å²) in [5.74, 6) is 0.0304. The van der Waals surface area contributed by atoms with Crippen molar-refractivity contribution in [1.82, 2.24) is 5.32 Å². The monoisotopic (exact) mass is 238 g/mol. The number of amides is 1. The molecular formula is C12H15ClN2O. The maximum atomic E-state index is 11.9. The average molecular weight is 239 g/mol. The van der Waals surface area contributed by atoms with E-state index in [1.54, 1.807) is 0 Å². The molecule has 0 saturated carbocycles. The van der Waals surface area contributed by atoms with Gasteiger partial charge in [0.1, 0.15) is 0 Å². The topological polar surface area (TPSA) is 41.1 Å². The summed E-state index contributed by atoms with van der Waals surface area (Å²) in [7, 11) is 0. The maximum Gasteiger partial charge on any atom is 0.241 e. The predicted octanol–water partition coefficient (Wildman–Crippen LogP) is 2.34. The Balaban J connectivity index is 2.08. The van der Waals surface area contributed by atoms with E-state index >= 15 is 0 Å². The minimum atomic E-state index is -0.0571. The van der Waals surface area contributed by atoms with Crippen molar-refractivity contribution in [2.24, 2.45) is 0 Å². The van der Waals surface area contributed by atoms with Crippen LogP contribution in [0, 0.1) is 6.92 Å². The largest absolute Gasteiger partial charge is 0.324 e. The van der Waals surface area contributed by atoms with Crippen LogP contribution in [0.25, 0.3) is 0 Å². The molecule has 2 N–H and O–H groups in total. The van der Waals surface area contributed by atoms with Crippen LogP contribution in [0.2, 0.25) is 5.02 Å². The standard InChI is InChI=1S/C12H15ClN2O/c1-8-9(13)4-2-5-10(8)15-12(16)11-6-3-7-14-11/h2,4-5,11,14H,3,6-7H2,1H3,(H,15,16)/t11-/m0/s1. The summed E-state index contributed by atoms with van der Waals surface area (Å²) in [6.07, 6.45) is 1.97. The van der Waals surface area contributed by atoms with Crippen molar-refractivity contribution >= 4 is 23.2 Å². The number of anilines is 1. The van der Waals surface area contributed by atoms with Gasteiger partial charge in [-0.05, 0) is 44.0 Å². The van der Waals surface area contributed by atoms with Crippen LogP contribution in [0.1, 0.15) is 18.4 Å². The van der Waals surface area contributed by atoms with Crippen molar-refractivity contribution in [3.05, 3.63) is 28.8 Å². The quantitative estimate of drug-likeness (QED) is 0.831. The fourth-order valence-corrected chi connectivity index (χ4v) is 2.05. The molecule has 1 saturated heterocycles. The SMILES string of the molecule is Cc1c(Cl)cccc1NC(=O)[C@@H]1CCCN1. The van der Waals surface area contributed by atoms with Gasteiger partial charge in [0.15, 0.2) is 0 Å². The molecule has 1 aromatic rings. The molecule has 1 atom stereocenters. The third-order valence-electron chi connectivity index (χ3n) is 2.90. The van der Waals surface area contributed by atoms with Gasteiger partial charge in [0.25, 0.3) is 0 Å². The third-order valence-corrected chi connectivity index (χ3v) is 3.31. The van der Waals surface area contributed by atoms with E-state index in [-0.39, 0.29) is 11.9 Å². The number of hydrogen-bond acceptors (Lipinski definition) is 2. The summed E-state index contributed by atoms with van der Waals surface area (Å²) < 4.78 is 0. The number of nitrogens with one attached hydrogen (secondary N) is 2. The number of hydrogen-bond donors (Lipinski definition) is 2. The van der Waals surface area contributed by atoms with E-state index in [0.29, 0.717) is 5.02 Å². The zero-order chi connectivity index (χ0) is 11.5. The van der Waals surface area contributed by atoms with E-state index in [1.165, 1.54) is 0 Å². The molecule has 0 unspecified atom stereocenters. The lowest BCUT2D eigenvalue weighted by atomic mass is 10.1. The van der Waals surface area contributed by atoms with Crippen molar-refractivity contribution in [3.63, 3.8) is 0 Å². The normalized spacial score (nSPS) is 19.8. The molecule has 1 amide bonds. The molecule has 1 heterocycles. The van der Waals surface area contributed by atoms with Crippen molar-refractivity contribution in [3.8, 4) is 0 Å². The highest BCUT2D eigenvalue weighted by Gasteiger charge is 2.22. The number of carbonyl (C=O) groups excluding carboxylic acids is 1. The molecule has 86 valence electrons. The second-order valence-corrected chi connectivity index (χ2v) is 4.46. The van der Waals surface area contributed by atoms with Gasteiger partial charge in [-0.3, -0.25) is 4.79 Å². The lowest BCUT2D eigenvalue weighted by molar-refractivity contribution is -0.117. The Morgan fingerprint density at radius 3 is 3.06 bits per heavy atom. The van der Waals surface area contributed by atoms with E-state index in [9.17, 15) is 4.79 Å². The number of halogens is 1. The van der Waals surface area contributed by atoms with Gasteiger partial charge in [-0.15, -0.1) is 0 Å². The van der Waals surface area contributed by atoms with Gasteiger partial charge < -0.3 is 10.6 Å². The third kappa shape index (κ3) is 2.36. The van der Waals surface area contributed by atoms with Gasteiger partial charge in [-0.1, -0.05) is 17.7 Å². The van der Waals surface area contributed by atoms with Gasteiger partial charge in [-0.2, -0.15) is 0 Å². The van der Waals surface area contributed by atoms with E-state index in [1.807, 2.05) is 25.1 Å². The van der Waals surface area contributed by atoms with E-state index in [4.69, 9.17) is 11.6 Å². The highest BCUT2D eigenvalue weighted by molar-refractivity contribution is 6.31. The summed E-state index contributed by atoms with van der Waals surface area (Å²) >= 11 is 5.99. The second kappa shape index (κ2) is 4.85. The number of carbonyl (C=O) groups is 1. The van der Waals surface area contributed by atoms with Gasteiger partial charge in [-0.25, -0.2) is 0 Å². The molecule has 3 nitrogen and oxygen atoms in total. The predicted molar refractivity (Wildman–Crippen MR) is 65.8 cm³/mol. The minimum absolute atomic E-state index is 0.0304. The number of benzene rings is 1. The lowest BCUT2D eigenvalue weighted by Crippen LogP contribution is -2.35. The molecule has 1 aromatic carbocycles. The molecule has 1 aliphatic rings. The van der Waals surface area contributed by atoms with Crippen LogP contribution in [0.3, 0.4) is 0 Å². The number of rotatable bonds is 2. The molecule has 2 rings (SSSR count). The summed E-state index contributed by atoms with van der Waals surface area (Å²) in [6.45, 7) is 2.83. The second-order valence-electron chi connectivity index (χ2n) is 4.05. The molecule has 0 aromatic heterocycles. The van der Waals surface area contributed by atoms with Crippen LogP contribution in [0.15, 0.2) is 18.2 Å². The molecule has 1 fully saturated rings. The average Bonchev–Trinajstić information content (AvgIpc) is 2.78. The van der Waals surface area contributed by atoms with Gasteiger partial charge in [0.05, 0.1) is 6.04 Å². The Bertz CT molecular complexity index is 400. The molecule has 4 heteroatoms. The highest BCUT2D eigenvalue weighted by atomic mass is 35.5. The van der Waals surface area contributed by atoms with Crippen molar-refractivity contribution in [2.75, 3.05) is 11.9 Å². The van der Waals surface area contributed by atoms with E-state index < -0.39 is 0 Å². The van der Waals surface area contributed by atoms with Crippen LogP contribution >= 0.6 is 11.6 Å². The van der Waals surface area contributed by atoms with Gasteiger partial charge >= 0.3 is 0 Å². The molecule has 0 bridgehead atoms. The molecular weight excluding hydrogens is 224 g/mol. The van der Waals surface area contributed by atoms with Crippen LogP contribution in [-0.4, -0.2) is 18.5 Å². The van der Waals surface area contributed by atoms with E-state index in [0.717, 1.165) is 30.6 Å². The Hall–Kier alpha value is -1.06. The zero-order valence-electron chi connectivity index (χ0n) is 9.22. The fourth-order valence-electron chi connectivity index (χ4n) is 1.87. The lowest BCUT2D eigenvalue weighted by Gasteiger charge is -2.13. The summed E-state index contributed by atoms with van der Waals surface area (Å²) in [5, 5.41) is 6.75. The Morgan fingerprint density at radius 1 is 1.56 bits per heavy atom. The van der Waals surface area contributed by atoms with Gasteiger partial charge in [0.2, 0.25) is 5.91 Å². The molecule has 16 heavy (non-hydrogen) atoms. The summed E-state index contributed by atoms with van der Waals surface area (Å²) in [6, 6.07) is 5.47. The highest BCUT2D eigenvalue weighted by Crippen LogP contribution is 2.23. The molecule has 0 radical (unpaired) electrons. The molecule has 0 aliphatic carbocycles. The Morgan fingerprint density at radius 2 is 2.38 bits per heavy atom. The Labute approximate surface area is 100 Å². The summed E-state index contributed by atoms with van der Waals surface area (Å²) in [4.78, 5) is 11.9.